The third-order valence-corrected chi connectivity index (χ3v) is 2.85. The smallest absolute Gasteiger partial charge is 0.391 e. The van der Waals surface area contributed by atoms with Crippen LogP contribution in [0.3, 0.4) is 0 Å². The van der Waals surface area contributed by atoms with Gasteiger partial charge in [-0.15, -0.1) is 0 Å². The summed E-state index contributed by atoms with van der Waals surface area (Å²) in [6, 6.07) is 2.05. The summed E-state index contributed by atoms with van der Waals surface area (Å²) in [4.78, 5) is 22.4. The highest BCUT2D eigenvalue weighted by atomic mass is 19.4. The van der Waals surface area contributed by atoms with Crippen molar-refractivity contribution in [2.45, 2.75) is 31.5 Å². The van der Waals surface area contributed by atoms with Gasteiger partial charge in [-0.2, -0.15) is 22.0 Å². The molecule has 1 atom stereocenters. The summed E-state index contributed by atoms with van der Waals surface area (Å²) < 4.78 is 70.2. The number of ether oxygens (including phenoxy) is 1. The van der Waals surface area contributed by atoms with Crippen LogP contribution in [0.5, 0.6) is 5.75 Å². The van der Waals surface area contributed by atoms with Crippen LogP contribution in [-0.2, 0) is 15.5 Å². The minimum absolute atomic E-state index is 0.0144. The van der Waals surface area contributed by atoms with Gasteiger partial charge in [0.1, 0.15) is 11.8 Å². The quantitative estimate of drug-likeness (QED) is 0.738. The van der Waals surface area contributed by atoms with Gasteiger partial charge in [-0.25, -0.2) is 4.79 Å². The minimum atomic E-state index is -4.95. The lowest BCUT2D eigenvalue weighted by Gasteiger charge is -2.22. The summed E-state index contributed by atoms with van der Waals surface area (Å²) in [7, 11) is 0. The number of carbonyl (C=O) groups excluding carboxylic acids is 1. The van der Waals surface area contributed by atoms with Crippen molar-refractivity contribution < 1.29 is 41.4 Å². The van der Waals surface area contributed by atoms with E-state index in [1.807, 2.05) is 0 Å². The molecule has 24 heavy (non-hydrogen) atoms. The fourth-order valence-electron chi connectivity index (χ4n) is 1.81. The molecule has 10 heteroatoms. The Kier molecular flexibility index (Phi) is 6.10. The predicted molar refractivity (Wildman–Crippen MR) is 71.7 cm³/mol. The van der Waals surface area contributed by atoms with Crippen LogP contribution in [0.25, 0.3) is 0 Å². The van der Waals surface area contributed by atoms with Gasteiger partial charge < -0.3 is 15.2 Å². The lowest BCUT2D eigenvalue weighted by Crippen LogP contribution is -2.49. The first-order valence-electron chi connectivity index (χ1n) is 6.69. The SMILES string of the molecule is CCOc1ccccc1C(F)(F)C(=O)NC(CC(F)(F)F)C(=O)O. The Bertz CT molecular complexity index is 603. The highest BCUT2D eigenvalue weighted by Crippen LogP contribution is 2.35. The zero-order chi connectivity index (χ0) is 18.5. The Morgan fingerprint density at radius 1 is 1.21 bits per heavy atom. The number of halogens is 5. The number of hydrogen-bond acceptors (Lipinski definition) is 3. The molecule has 1 aromatic carbocycles. The van der Waals surface area contributed by atoms with E-state index in [9.17, 15) is 31.5 Å². The molecule has 0 aliphatic rings. The molecule has 2 N–H and O–H groups in total. The lowest BCUT2D eigenvalue weighted by molar-refractivity contribution is -0.164. The third-order valence-electron chi connectivity index (χ3n) is 2.85. The summed E-state index contributed by atoms with van der Waals surface area (Å²) >= 11 is 0. The van der Waals surface area contributed by atoms with Crippen LogP contribution >= 0.6 is 0 Å². The van der Waals surface area contributed by atoms with Gasteiger partial charge in [0.25, 0.3) is 5.91 Å². The first-order chi connectivity index (χ1) is 11.0. The third kappa shape index (κ3) is 5.07. The van der Waals surface area contributed by atoms with Crippen molar-refractivity contribution in [1.29, 1.82) is 0 Å². The fourth-order valence-corrected chi connectivity index (χ4v) is 1.81. The van der Waals surface area contributed by atoms with Crippen molar-refractivity contribution >= 4 is 11.9 Å². The zero-order valence-corrected chi connectivity index (χ0v) is 12.4. The van der Waals surface area contributed by atoms with Gasteiger partial charge in [0, 0.05) is 0 Å². The molecule has 1 aromatic rings. The van der Waals surface area contributed by atoms with Gasteiger partial charge in [0.2, 0.25) is 0 Å². The van der Waals surface area contributed by atoms with Crippen LogP contribution in [0.2, 0.25) is 0 Å². The second-order valence-corrected chi connectivity index (χ2v) is 4.69. The highest BCUT2D eigenvalue weighted by molar-refractivity contribution is 5.89. The van der Waals surface area contributed by atoms with E-state index in [2.05, 4.69) is 0 Å². The first-order valence-corrected chi connectivity index (χ1v) is 6.69. The minimum Gasteiger partial charge on any atom is -0.493 e. The Hall–Kier alpha value is -2.39. The van der Waals surface area contributed by atoms with E-state index >= 15 is 0 Å². The Labute approximate surface area is 133 Å². The fraction of sp³-hybridized carbons (Fsp3) is 0.429. The van der Waals surface area contributed by atoms with E-state index in [1.54, 1.807) is 0 Å². The average Bonchev–Trinajstić information content (AvgIpc) is 2.45. The molecule has 0 radical (unpaired) electrons. The molecule has 0 aliphatic heterocycles. The molecule has 0 saturated heterocycles. The van der Waals surface area contributed by atoms with E-state index in [0.717, 1.165) is 12.1 Å². The molecule has 1 unspecified atom stereocenters. The second-order valence-electron chi connectivity index (χ2n) is 4.69. The number of amides is 1. The molecule has 0 saturated carbocycles. The van der Waals surface area contributed by atoms with Crippen molar-refractivity contribution in [3.05, 3.63) is 29.8 Å². The van der Waals surface area contributed by atoms with Crippen molar-refractivity contribution in [3.63, 3.8) is 0 Å². The molecular weight excluding hydrogens is 341 g/mol. The molecule has 0 heterocycles. The number of rotatable bonds is 7. The predicted octanol–water partition coefficient (Wildman–Crippen LogP) is 2.70. The maximum atomic E-state index is 14.2. The summed E-state index contributed by atoms with van der Waals surface area (Å²) in [6.07, 6.45) is -6.92. The molecule has 0 aromatic heterocycles. The maximum Gasteiger partial charge on any atom is 0.391 e. The van der Waals surface area contributed by atoms with Crippen LogP contribution in [0.15, 0.2) is 24.3 Å². The van der Waals surface area contributed by atoms with Gasteiger partial charge in [-0.3, -0.25) is 4.79 Å². The highest BCUT2D eigenvalue weighted by Gasteiger charge is 2.46. The summed E-state index contributed by atoms with van der Waals surface area (Å²) in [6.45, 7) is 1.53. The number of hydrogen-bond donors (Lipinski definition) is 2. The van der Waals surface area contributed by atoms with E-state index in [-0.39, 0.29) is 12.4 Å². The Morgan fingerprint density at radius 2 is 1.79 bits per heavy atom. The molecule has 0 fully saturated rings. The molecule has 0 aliphatic carbocycles. The number of nitrogens with one attached hydrogen (secondary N) is 1. The monoisotopic (exact) mass is 355 g/mol. The van der Waals surface area contributed by atoms with Crippen LogP contribution in [0.1, 0.15) is 18.9 Å². The van der Waals surface area contributed by atoms with Gasteiger partial charge in [-0.1, -0.05) is 12.1 Å². The second kappa shape index (κ2) is 7.45. The normalized spacial score (nSPS) is 13.2. The van der Waals surface area contributed by atoms with Crippen LogP contribution in [0, 0.1) is 0 Å². The zero-order valence-electron chi connectivity index (χ0n) is 12.4. The van der Waals surface area contributed by atoms with E-state index < -0.39 is 42.0 Å². The summed E-state index contributed by atoms with van der Waals surface area (Å²) in [5.41, 5.74) is -0.875. The number of benzene rings is 1. The maximum absolute atomic E-state index is 14.2. The van der Waals surface area contributed by atoms with Gasteiger partial charge >= 0.3 is 18.1 Å². The number of alkyl halides is 5. The summed E-state index contributed by atoms with van der Waals surface area (Å²) in [5.74, 6) is -8.84. The average molecular weight is 355 g/mol. The van der Waals surface area contributed by atoms with Gasteiger partial charge in [0.15, 0.2) is 0 Å². The van der Waals surface area contributed by atoms with E-state index in [0.29, 0.717) is 0 Å². The van der Waals surface area contributed by atoms with Crippen molar-refractivity contribution in [2.75, 3.05) is 6.61 Å². The molecule has 1 rings (SSSR count). The molecular formula is C14H14F5NO4. The van der Waals surface area contributed by atoms with E-state index in [4.69, 9.17) is 9.84 Å². The van der Waals surface area contributed by atoms with Crippen molar-refractivity contribution in [2.24, 2.45) is 0 Å². The van der Waals surface area contributed by atoms with Crippen LogP contribution < -0.4 is 10.1 Å². The number of carboxylic acid groups (broad SMARTS) is 1. The standard InChI is InChI=1S/C14H14F5NO4/c1-2-24-10-6-4-3-5-8(10)14(18,19)12(23)20-9(11(21)22)7-13(15,16)17/h3-6,9H,2,7H2,1H3,(H,20,23)(H,21,22). The van der Waals surface area contributed by atoms with Crippen LogP contribution in [-0.4, -0.2) is 35.8 Å². The van der Waals surface area contributed by atoms with Gasteiger partial charge in [0.05, 0.1) is 18.6 Å². The van der Waals surface area contributed by atoms with Crippen molar-refractivity contribution in [1.82, 2.24) is 5.32 Å². The number of aliphatic carboxylic acids is 1. The molecule has 0 bridgehead atoms. The number of carbonyl (C=O) groups is 2. The Balaban J connectivity index is 3.05. The number of para-hydroxylation sites is 1. The number of carboxylic acids is 1. The topological polar surface area (TPSA) is 75.6 Å². The lowest BCUT2D eigenvalue weighted by atomic mass is 10.1. The van der Waals surface area contributed by atoms with Crippen molar-refractivity contribution in [3.8, 4) is 5.75 Å². The summed E-state index contributed by atoms with van der Waals surface area (Å²) in [5, 5.41) is 9.89. The first kappa shape index (κ1) is 19.7. The Morgan fingerprint density at radius 3 is 2.29 bits per heavy atom. The largest absolute Gasteiger partial charge is 0.493 e. The molecule has 5 nitrogen and oxygen atoms in total. The molecule has 0 spiro atoms. The van der Waals surface area contributed by atoms with E-state index in [1.165, 1.54) is 24.4 Å². The molecule has 134 valence electrons. The van der Waals surface area contributed by atoms with Gasteiger partial charge in [-0.05, 0) is 19.1 Å². The molecule has 1 amide bonds. The van der Waals surface area contributed by atoms with Crippen LogP contribution in [0.4, 0.5) is 22.0 Å².